The number of anilines is 1. The van der Waals surface area contributed by atoms with Gasteiger partial charge in [-0.15, -0.1) is 24.8 Å². The molecule has 0 atom stereocenters. The van der Waals surface area contributed by atoms with Gasteiger partial charge in [0.25, 0.3) is 0 Å². The van der Waals surface area contributed by atoms with Crippen molar-refractivity contribution in [3.63, 3.8) is 0 Å². The van der Waals surface area contributed by atoms with E-state index in [1.807, 2.05) is 18.2 Å². The highest BCUT2D eigenvalue weighted by Gasteiger charge is 1.95. The van der Waals surface area contributed by atoms with Gasteiger partial charge in [0, 0.05) is 15.8 Å². The Kier molecular flexibility index (Phi) is 8.34. The average Bonchev–Trinajstić information content (AvgIpc) is 1.94. The number of hydrogen-bond acceptors (Lipinski definition) is 2. The first-order chi connectivity index (χ1) is 4.74. The average molecular weight is 321 g/mol. The van der Waals surface area contributed by atoms with Crippen molar-refractivity contribution in [1.29, 1.82) is 0 Å². The van der Waals surface area contributed by atoms with Crippen molar-refractivity contribution < 1.29 is 0 Å². The molecule has 0 saturated carbocycles. The SMILES string of the molecule is Cl.Cl.NCc1cc(I)ccc1N. The van der Waals surface area contributed by atoms with Crippen LogP contribution in [-0.2, 0) is 6.54 Å². The fourth-order valence-electron chi connectivity index (χ4n) is 0.751. The summed E-state index contributed by atoms with van der Waals surface area (Å²) in [5.41, 5.74) is 12.9. The van der Waals surface area contributed by atoms with E-state index in [1.165, 1.54) is 3.57 Å². The summed E-state index contributed by atoms with van der Waals surface area (Å²) >= 11 is 2.23. The first kappa shape index (κ1) is 14.8. The van der Waals surface area contributed by atoms with E-state index in [1.54, 1.807) is 0 Å². The van der Waals surface area contributed by atoms with E-state index in [0.717, 1.165) is 11.3 Å². The van der Waals surface area contributed by atoms with Crippen LogP contribution in [0.3, 0.4) is 0 Å². The molecule has 1 aromatic rings. The van der Waals surface area contributed by atoms with Gasteiger partial charge in [0.2, 0.25) is 0 Å². The third kappa shape index (κ3) is 3.80. The molecule has 12 heavy (non-hydrogen) atoms. The summed E-state index contributed by atoms with van der Waals surface area (Å²) in [4.78, 5) is 0. The Hall–Kier alpha value is 0.290. The Bertz CT molecular complexity index is 243. The largest absolute Gasteiger partial charge is 0.398 e. The molecule has 0 saturated heterocycles. The highest BCUT2D eigenvalue weighted by molar-refractivity contribution is 14.1. The van der Waals surface area contributed by atoms with Crippen LogP contribution >= 0.6 is 47.4 Å². The number of benzene rings is 1. The van der Waals surface area contributed by atoms with E-state index in [2.05, 4.69) is 22.6 Å². The molecule has 0 fully saturated rings. The number of hydrogen-bond donors (Lipinski definition) is 2. The predicted molar refractivity (Wildman–Crippen MR) is 66.0 cm³/mol. The number of nitrogen functional groups attached to an aromatic ring is 1. The Morgan fingerprint density at radius 3 is 2.25 bits per heavy atom. The summed E-state index contributed by atoms with van der Waals surface area (Å²) in [6.07, 6.45) is 0. The minimum Gasteiger partial charge on any atom is -0.398 e. The summed E-state index contributed by atoms with van der Waals surface area (Å²) in [6, 6.07) is 5.84. The molecule has 2 nitrogen and oxygen atoms in total. The molecule has 1 aromatic carbocycles. The Labute approximate surface area is 98.0 Å². The fraction of sp³-hybridized carbons (Fsp3) is 0.143. The molecular weight excluding hydrogens is 310 g/mol. The molecule has 0 aliphatic heterocycles. The molecule has 0 bridgehead atoms. The first-order valence-electron chi connectivity index (χ1n) is 2.98. The summed E-state index contributed by atoms with van der Waals surface area (Å²) in [5.74, 6) is 0. The second-order valence-corrected chi connectivity index (χ2v) is 3.29. The summed E-state index contributed by atoms with van der Waals surface area (Å²) < 4.78 is 1.17. The molecule has 0 spiro atoms. The van der Waals surface area contributed by atoms with E-state index in [9.17, 15) is 0 Å². The van der Waals surface area contributed by atoms with Crippen molar-refractivity contribution in [2.24, 2.45) is 5.73 Å². The highest BCUT2D eigenvalue weighted by atomic mass is 127. The maximum Gasteiger partial charge on any atom is 0.0360 e. The van der Waals surface area contributed by atoms with Gasteiger partial charge in [-0.3, -0.25) is 0 Å². The van der Waals surface area contributed by atoms with Crippen molar-refractivity contribution in [2.45, 2.75) is 6.54 Å². The third-order valence-corrected chi connectivity index (χ3v) is 2.00. The zero-order valence-corrected chi connectivity index (χ0v) is 10.1. The van der Waals surface area contributed by atoms with E-state index in [0.29, 0.717) is 6.54 Å². The first-order valence-corrected chi connectivity index (χ1v) is 4.06. The van der Waals surface area contributed by atoms with Crippen molar-refractivity contribution >= 4 is 53.1 Å². The van der Waals surface area contributed by atoms with Crippen LogP contribution in [0, 0.1) is 3.57 Å². The quantitative estimate of drug-likeness (QED) is 0.615. The zero-order valence-electron chi connectivity index (χ0n) is 6.29. The molecule has 70 valence electrons. The van der Waals surface area contributed by atoms with Gasteiger partial charge in [0.15, 0.2) is 0 Å². The van der Waals surface area contributed by atoms with Gasteiger partial charge in [0.1, 0.15) is 0 Å². The van der Waals surface area contributed by atoms with Gasteiger partial charge in [-0.25, -0.2) is 0 Å². The molecule has 0 radical (unpaired) electrons. The van der Waals surface area contributed by atoms with Crippen LogP contribution in [0.5, 0.6) is 0 Å². The lowest BCUT2D eigenvalue weighted by Gasteiger charge is -2.01. The van der Waals surface area contributed by atoms with Gasteiger partial charge in [-0.1, -0.05) is 0 Å². The lowest BCUT2D eigenvalue weighted by Crippen LogP contribution is -2.01. The smallest absolute Gasteiger partial charge is 0.0360 e. The highest BCUT2D eigenvalue weighted by Crippen LogP contribution is 2.14. The maximum absolute atomic E-state index is 5.62. The Morgan fingerprint density at radius 2 is 1.83 bits per heavy atom. The van der Waals surface area contributed by atoms with Gasteiger partial charge in [0.05, 0.1) is 0 Å². The van der Waals surface area contributed by atoms with Crippen LogP contribution in [-0.4, -0.2) is 0 Å². The van der Waals surface area contributed by atoms with Crippen molar-refractivity contribution in [3.05, 3.63) is 27.3 Å². The van der Waals surface area contributed by atoms with Crippen molar-refractivity contribution in [1.82, 2.24) is 0 Å². The lowest BCUT2D eigenvalue weighted by atomic mass is 10.2. The molecule has 5 heteroatoms. The monoisotopic (exact) mass is 320 g/mol. The van der Waals surface area contributed by atoms with Gasteiger partial charge >= 0.3 is 0 Å². The molecule has 0 amide bonds. The van der Waals surface area contributed by atoms with Gasteiger partial charge < -0.3 is 11.5 Å². The van der Waals surface area contributed by atoms with Crippen LogP contribution in [0.25, 0.3) is 0 Å². The second kappa shape index (κ2) is 6.77. The third-order valence-electron chi connectivity index (χ3n) is 1.32. The van der Waals surface area contributed by atoms with Gasteiger partial charge in [-0.05, 0) is 46.4 Å². The van der Waals surface area contributed by atoms with E-state index in [-0.39, 0.29) is 24.8 Å². The standard InChI is InChI=1S/C7H9IN2.2ClH/c8-6-1-2-7(10)5(3-6)4-9;;/h1-3H,4,9-10H2;2*1H. The predicted octanol–water partition coefficient (Wildman–Crippen LogP) is 2.18. The number of nitrogens with two attached hydrogens (primary N) is 2. The number of rotatable bonds is 1. The molecular formula is C7H11Cl2IN2. The van der Waals surface area contributed by atoms with E-state index >= 15 is 0 Å². The Morgan fingerprint density at radius 1 is 1.25 bits per heavy atom. The van der Waals surface area contributed by atoms with Crippen LogP contribution in [0.2, 0.25) is 0 Å². The summed E-state index contributed by atoms with van der Waals surface area (Å²) in [5, 5.41) is 0. The number of halogens is 3. The van der Waals surface area contributed by atoms with E-state index < -0.39 is 0 Å². The molecule has 0 aliphatic carbocycles. The molecule has 0 aromatic heterocycles. The van der Waals surface area contributed by atoms with Crippen LogP contribution < -0.4 is 11.5 Å². The van der Waals surface area contributed by atoms with Crippen LogP contribution in [0.1, 0.15) is 5.56 Å². The minimum absolute atomic E-state index is 0. The summed E-state index contributed by atoms with van der Waals surface area (Å²) in [7, 11) is 0. The topological polar surface area (TPSA) is 52.0 Å². The summed E-state index contributed by atoms with van der Waals surface area (Å²) in [6.45, 7) is 0.517. The zero-order chi connectivity index (χ0) is 7.56. The van der Waals surface area contributed by atoms with Crippen molar-refractivity contribution in [2.75, 3.05) is 5.73 Å². The molecule has 4 N–H and O–H groups in total. The molecule has 1 rings (SSSR count). The fourth-order valence-corrected chi connectivity index (χ4v) is 1.31. The molecule has 0 heterocycles. The molecule has 0 unspecified atom stereocenters. The normalized spacial score (nSPS) is 8.17. The second-order valence-electron chi connectivity index (χ2n) is 2.05. The van der Waals surface area contributed by atoms with Gasteiger partial charge in [-0.2, -0.15) is 0 Å². The molecule has 0 aliphatic rings. The lowest BCUT2D eigenvalue weighted by molar-refractivity contribution is 1.07. The van der Waals surface area contributed by atoms with Crippen LogP contribution in [0.15, 0.2) is 18.2 Å². The maximum atomic E-state index is 5.62. The van der Waals surface area contributed by atoms with Crippen LogP contribution in [0.4, 0.5) is 5.69 Å². The van der Waals surface area contributed by atoms with E-state index in [4.69, 9.17) is 11.5 Å². The minimum atomic E-state index is 0. The van der Waals surface area contributed by atoms with Crippen molar-refractivity contribution in [3.8, 4) is 0 Å². The Balaban J connectivity index is 0.